The van der Waals surface area contributed by atoms with Gasteiger partial charge in [-0.2, -0.15) is 0 Å². The highest BCUT2D eigenvalue weighted by Crippen LogP contribution is 2.31. The molecule has 4 rings (SSSR count). The molecule has 2 aromatic carbocycles. The molecule has 0 radical (unpaired) electrons. The van der Waals surface area contributed by atoms with Crippen LogP contribution in [0.5, 0.6) is 0 Å². The lowest BCUT2D eigenvalue weighted by molar-refractivity contribution is 0.0602. The van der Waals surface area contributed by atoms with Gasteiger partial charge in [-0.3, -0.25) is 9.36 Å². The van der Waals surface area contributed by atoms with E-state index in [1.165, 1.54) is 7.11 Å². The summed E-state index contributed by atoms with van der Waals surface area (Å²) >= 11 is 0. The number of nitrogens with zero attached hydrogens (tertiary/aromatic N) is 3. The lowest BCUT2D eigenvalue weighted by Gasteiger charge is -2.29. The van der Waals surface area contributed by atoms with Gasteiger partial charge in [0.1, 0.15) is 5.82 Å². The number of carbonyl (C=O) groups excluding carboxylic acids is 1. The van der Waals surface area contributed by atoms with E-state index >= 15 is 0 Å². The fourth-order valence-corrected chi connectivity index (χ4v) is 4.74. The van der Waals surface area contributed by atoms with Gasteiger partial charge in [0.05, 0.1) is 29.6 Å². The first-order valence-electron chi connectivity index (χ1n) is 11.4. The first-order chi connectivity index (χ1) is 15.8. The molecule has 1 N–H and O–H groups in total. The lowest BCUT2D eigenvalue weighted by atomic mass is 9.95. The zero-order chi connectivity index (χ0) is 23.7. The summed E-state index contributed by atoms with van der Waals surface area (Å²) in [6.45, 7) is 6.02. The third kappa shape index (κ3) is 4.50. The molecular weight excluding hydrogens is 416 g/mol. The number of benzene rings is 2. The lowest BCUT2D eigenvalue weighted by Crippen LogP contribution is -2.33. The average molecular weight is 449 g/mol. The molecule has 1 atom stereocenters. The molecule has 1 fully saturated rings. The summed E-state index contributed by atoms with van der Waals surface area (Å²) in [6.07, 6.45) is 1.98. The molecule has 174 valence electrons. The van der Waals surface area contributed by atoms with Crippen LogP contribution in [0.15, 0.2) is 41.2 Å². The highest BCUT2D eigenvalue weighted by Gasteiger charge is 2.25. The van der Waals surface area contributed by atoms with Gasteiger partial charge in [0.25, 0.3) is 5.56 Å². The number of aryl methyl sites for hydroxylation is 1. The van der Waals surface area contributed by atoms with Crippen LogP contribution in [0.4, 0.5) is 5.69 Å². The van der Waals surface area contributed by atoms with Crippen molar-refractivity contribution in [3.05, 3.63) is 69.3 Å². The Morgan fingerprint density at radius 1 is 1.18 bits per heavy atom. The third-order valence-corrected chi connectivity index (χ3v) is 6.64. The normalized spacial score (nSPS) is 16.0. The van der Waals surface area contributed by atoms with E-state index in [9.17, 15) is 9.59 Å². The largest absolute Gasteiger partial charge is 0.465 e. The molecule has 1 aliphatic rings. The Morgan fingerprint density at radius 3 is 2.58 bits per heavy atom. The van der Waals surface area contributed by atoms with Gasteiger partial charge in [0.2, 0.25) is 0 Å². The van der Waals surface area contributed by atoms with Gasteiger partial charge in [-0.25, -0.2) is 9.78 Å². The fourth-order valence-electron chi connectivity index (χ4n) is 4.74. The Hall–Kier alpha value is -3.19. The topological polar surface area (TPSA) is 76.5 Å². The smallest absolute Gasteiger partial charge is 0.339 e. The van der Waals surface area contributed by atoms with E-state index in [4.69, 9.17) is 9.72 Å². The first-order valence-corrected chi connectivity index (χ1v) is 11.4. The van der Waals surface area contributed by atoms with E-state index in [0.717, 1.165) is 48.4 Å². The van der Waals surface area contributed by atoms with Crippen LogP contribution in [-0.4, -0.2) is 47.7 Å². The molecule has 0 saturated carbocycles. The Kier molecular flexibility index (Phi) is 6.51. The molecule has 3 aromatic rings. The van der Waals surface area contributed by atoms with Crippen molar-refractivity contribution in [1.29, 1.82) is 0 Å². The SMILES string of the molecule is COC(=O)c1ccccc1NC(C)c1cc(C)cc2c(=O)n(C)c(C3CCN(C)CC3)nc12. The molecule has 0 bridgehead atoms. The van der Waals surface area contributed by atoms with Crippen LogP contribution in [-0.2, 0) is 11.8 Å². The minimum Gasteiger partial charge on any atom is -0.465 e. The van der Waals surface area contributed by atoms with Gasteiger partial charge in [-0.1, -0.05) is 18.2 Å². The summed E-state index contributed by atoms with van der Waals surface area (Å²) in [5, 5.41) is 4.07. The summed E-state index contributed by atoms with van der Waals surface area (Å²) in [4.78, 5) is 33.0. The highest BCUT2D eigenvalue weighted by molar-refractivity contribution is 5.95. The zero-order valence-corrected chi connectivity index (χ0v) is 20.0. The summed E-state index contributed by atoms with van der Waals surface area (Å²) in [5.41, 5.74) is 3.81. The minimum absolute atomic E-state index is 0.0129. The molecule has 1 aromatic heterocycles. The van der Waals surface area contributed by atoms with Crippen molar-refractivity contribution < 1.29 is 9.53 Å². The predicted octanol–water partition coefficient (Wildman–Crippen LogP) is 4.01. The summed E-state index contributed by atoms with van der Waals surface area (Å²) in [6, 6.07) is 11.1. The summed E-state index contributed by atoms with van der Waals surface area (Å²) < 4.78 is 6.66. The number of ether oxygens (including phenoxy) is 1. The predicted molar refractivity (Wildman–Crippen MR) is 131 cm³/mol. The van der Waals surface area contributed by atoms with E-state index in [2.05, 4.69) is 23.3 Å². The zero-order valence-electron chi connectivity index (χ0n) is 20.0. The number of hydrogen-bond acceptors (Lipinski definition) is 6. The van der Waals surface area contributed by atoms with Crippen LogP contribution in [0, 0.1) is 6.92 Å². The van der Waals surface area contributed by atoms with Crippen molar-refractivity contribution in [3.63, 3.8) is 0 Å². The maximum absolute atomic E-state index is 13.4. The van der Waals surface area contributed by atoms with Gasteiger partial charge in [-0.15, -0.1) is 0 Å². The number of hydrogen-bond donors (Lipinski definition) is 1. The molecule has 0 spiro atoms. The van der Waals surface area contributed by atoms with E-state index in [-0.39, 0.29) is 17.5 Å². The Labute approximate surface area is 194 Å². The number of esters is 1. The van der Waals surface area contributed by atoms with Crippen LogP contribution in [0.1, 0.15) is 59.0 Å². The Balaban J connectivity index is 1.79. The van der Waals surface area contributed by atoms with Crippen LogP contribution < -0.4 is 10.9 Å². The molecule has 1 aliphatic heterocycles. The van der Waals surface area contributed by atoms with Gasteiger partial charge in [-0.05, 0) is 70.6 Å². The number of methoxy groups -OCH3 is 1. The Bertz CT molecular complexity index is 1240. The molecule has 7 nitrogen and oxygen atoms in total. The third-order valence-electron chi connectivity index (χ3n) is 6.64. The number of rotatable bonds is 5. The van der Waals surface area contributed by atoms with E-state index in [1.54, 1.807) is 10.6 Å². The minimum atomic E-state index is -0.393. The molecule has 0 aliphatic carbocycles. The molecule has 33 heavy (non-hydrogen) atoms. The maximum Gasteiger partial charge on any atom is 0.339 e. The number of carbonyl (C=O) groups is 1. The number of likely N-dealkylation sites (tertiary alicyclic amines) is 1. The van der Waals surface area contributed by atoms with Gasteiger partial charge >= 0.3 is 5.97 Å². The van der Waals surface area contributed by atoms with Crippen molar-refractivity contribution >= 4 is 22.6 Å². The van der Waals surface area contributed by atoms with Crippen molar-refractivity contribution in [2.75, 3.05) is 32.6 Å². The maximum atomic E-state index is 13.4. The molecule has 1 unspecified atom stereocenters. The van der Waals surface area contributed by atoms with Crippen LogP contribution in [0.25, 0.3) is 10.9 Å². The Morgan fingerprint density at radius 2 is 1.88 bits per heavy atom. The molecule has 1 saturated heterocycles. The van der Waals surface area contributed by atoms with E-state index < -0.39 is 5.97 Å². The highest BCUT2D eigenvalue weighted by atomic mass is 16.5. The van der Waals surface area contributed by atoms with Gasteiger partial charge in [0.15, 0.2) is 0 Å². The van der Waals surface area contributed by atoms with Crippen LogP contribution in [0.2, 0.25) is 0 Å². The number of piperidine rings is 1. The molecule has 0 amide bonds. The van der Waals surface area contributed by atoms with Crippen LogP contribution in [0.3, 0.4) is 0 Å². The number of anilines is 1. The molecule has 2 heterocycles. The number of fused-ring (bicyclic) bond motifs is 1. The van der Waals surface area contributed by atoms with Crippen molar-refractivity contribution in [1.82, 2.24) is 14.5 Å². The molecule has 7 heteroatoms. The summed E-state index contributed by atoms with van der Waals surface area (Å²) in [7, 11) is 5.34. The van der Waals surface area contributed by atoms with Crippen molar-refractivity contribution in [3.8, 4) is 0 Å². The standard InChI is InChI=1S/C26H32N4O3/c1-16-14-20(17(2)27-22-9-7-6-8-19(22)26(32)33-5)23-21(15-16)25(31)30(4)24(28-23)18-10-12-29(3)13-11-18/h6-9,14-15,17-18,27H,10-13H2,1-5H3. The van der Waals surface area contributed by atoms with E-state index in [0.29, 0.717) is 16.6 Å². The molecular formula is C26H32N4O3. The van der Waals surface area contributed by atoms with Crippen molar-refractivity contribution in [2.24, 2.45) is 7.05 Å². The van der Waals surface area contributed by atoms with Crippen molar-refractivity contribution in [2.45, 2.75) is 38.6 Å². The average Bonchev–Trinajstić information content (AvgIpc) is 2.81. The quantitative estimate of drug-likeness (QED) is 0.595. The van der Waals surface area contributed by atoms with Gasteiger partial charge < -0.3 is 15.0 Å². The number of aromatic nitrogens is 2. The fraction of sp³-hybridized carbons (Fsp3) is 0.423. The monoisotopic (exact) mass is 448 g/mol. The van der Waals surface area contributed by atoms with Crippen LogP contribution >= 0.6 is 0 Å². The number of nitrogens with one attached hydrogen (secondary N) is 1. The second-order valence-corrected chi connectivity index (χ2v) is 9.07. The second-order valence-electron chi connectivity index (χ2n) is 9.07. The van der Waals surface area contributed by atoms with E-state index in [1.807, 2.05) is 45.2 Å². The van der Waals surface area contributed by atoms with Gasteiger partial charge in [0, 0.05) is 24.2 Å². The second kappa shape index (κ2) is 9.35. The summed E-state index contributed by atoms with van der Waals surface area (Å²) in [5.74, 6) is 0.726. The first kappa shape index (κ1) is 23.0. The number of para-hydroxylation sites is 1.